The third-order valence-electron chi connectivity index (χ3n) is 1.90. The number of nitrogen functional groups attached to an aromatic ring is 1. The van der Waals surface area contributed by atoms with Crippen LogP contribution in [0.5, 0.6) is 5.75 Å². The number of ether oxygens (including phenoxy) is 1. The first kappa shape index (κ1) is 11.3. The van der Waals surface area contributed by atoms with Gasteiger partial charge < -0.3 is 10.5 Å². The standard InChI is InChI=1S/C11H8ClN3O2/c12-7-3-1-2-4-9(7)17-11(16)8-5-14-6-10(13)15-8/h1-6H,(H2,13,15). The molecule has 1 aromatic heterocycles. The van der Waals surface area contributed by atoms with E-state index in [9.17, 15) is 4.79 Å². The zero-order valence-corrected chi connectivity index (χ0v) is 9.39. The van der Waals surface area contributed by atoms with Gasteiger partial charge in [0.15, 0.2) is 5.69 Å². The van der Waals surface area contributed by atoms with E-state index in [1.165, 1.54) is 12.4 Å². The van der Waals surface area contributed by atoms with Gasteiger partial charge in [0.2, 0.25) is 0 Å². The Balaban J connectivity index is 2.20. The average Bonchev–Trinajstić information content (AvgIpc) is 2.32. The largest absolute Gasteiger partial charge is 0.420 e. The molecule has 2 rings (SSSR count). The van der Waals surface area contributed by atoms with Crippen LogP contribution in [0.1, 0.15) is 10.5 Å². The molecule has 0 atom stereocenters. The average molecular weight is 250 g/mol. The SMILES string of the molecule is Nc1cncc(C(=O)Oc2ccccc2Cl)n1. The lowest BCUT2D eigenvalue weighted by Gasteiger charge is -2.05. The molecule has 0 saturated heterocycles. The van der Waals surface area contributed by atoms with Gasteiger partial charge in [0.25, 0.3) is 0 Å². The zero-order valence-electron chi connectivity index (χ0n) is 8.63. The first-order valence-corrected chi connectivity index (χ1v) is 5.09. The molecule has 1 heterocycles. The summed E-state index contributed by atoms with van der Waals surface area (Å²) in [6, 6.07) is 6.65. The molecule has 0 bridgehead atoms. The van der Waals surface area contributed by atoms with Crippen molar-refractivity contribution in [2.24, 2.45) is 0 Å². The number of para-hydroxylation sites is 1. The molecule has 0 aliphatic heterocycles. The lowest BCUT2D eigenvalue weighted by molar-refractivity contribution is 0.0728. The van der Waals surface area contributed by atoms with Crippen LogP contribution in [0, 0.1) is 0 Å². The van der Waals surface area contributed by atoms with E-state index in [2.05, 4.69) is 9.97 Å². The van der Waals surface area contributed by atoms with Crippen LogP contribution in [0.3, 0.4) is 0 Å². The Morgan fingerprint density at radius 2 is 2.06 bits per heavy atom. The maximum absolute atomic E-state index is 11.7. The summed E-state index contributed by atoms with van der Waals surface area (Å²) in [4.78, 5) is 19.2. The number of carbonyl (C=O) groups excluding carboxylic acids is 1. The minimum Gasteiger partial charge on any atom is -0.420 e. The van der Waals surface area contributed by atoms with Crippen molar-refractivity contribution in [3.63, 3.8) is 0 Å². The summed E-state index contributed by atoms with van der Waals surface area (Å²) in [5.74, 6) is -0.236. The van der Waals surface area contributed by atoms with E-state index in [1.807, 2.05) is 0 Å². The molecular weight excluding hydrogens is 242 g/mol. The molecule has 1 aromatic carbocycles. The molecule has 0 aliphatic rings. The summed E-state index contributed by atoms with van der Waals surface area (Å²) < 4.78 is 5.06. The quantitative estimate of drug-likeness (QED) is 0.650. The highest BCUT2D eigenvalue weighted by Crippen LogP contribution is 2.23. The molecule has 0 spiro atoms. The van der Waals surface area contributed by atoms with Crippen molar-refractivity contribution in [3.05, 3.63) is 47.4 Å². The maximum Gasteiger partial charge on any atom is 0.364 e. The fourth-order valence-electron chi connectivity index (χ4n) is 1.16. The van der Waals surface area contributed by atoms with Gasteiger partial charge in [-0.2, -0.15) is 0 Å². The number of hydrogen-bond donors (Lipinski definition) is 1. The molecule has 6 heteroatoms. The Labute approximate surface area is 102 Å². The van der Waals surface area contributed by atoms with Crippen LogP contribution < -0.4 is 10.5 Å². The molecule has 86 valence electrons. The molecule has 0 aliphatic carbocycles. The molecule has 17 heavy (non-hydrogen) atoms. The lowest BCUT2D eigenvalue weighted by Crippen LogP contribution is -2.12. The van der Waals surface area contributed by atoms with Crippen molar-refractivity contribution in [1.29, 1.82) is 0 Å². The van der Waals surface area contributed by atoms with E-state index in [1.54, 1.807) is 24.3 Å². The summed E-state index contributed by atoms with van der Waals surface area (Å²) in [5, 5.41) is 0.345. The zero-order chi connectivity index (χ0) is 12.3. The van der Waals surface area contributed by atoms with Gasteiger partial charge in [0, 0.05) is 0 Å². The molecule has 0 amide bonds. The lowest BCUT2D eigenvalue weighted by atomic mass is 10.3. The molecule has 0 unspecified atom stereocenters. The summed E-state index contributed by atoms with van der Waals surface area (Å²) in [5.41, 5.74) is 5.44. The first-order chi connectivity index (χ1) is 8.16. The molecule has 0 saturated carbocycles. The molecule has 0 fully saturated rings. The van der Waals surface area contributed by atoms with Gasteiger partial charge in [0.1, 0.15) is 11.6 Å². The number of benzene rings is 1. The summed E-state index contributed by atoms with van der Waals surface area (Å²) in [6.07, 6.45) is 2.61. The Kier molecular flexibility index (Phi) is 3.20. The van der Waals surface area contributed by atoms with Gasteiger partial charge >= 0.3 is 5.97 Å². The monoisotopic (exact) mass is 249 g/mol. The van der Waals surface area contributed by atoms with Crippen LogP contribution >= 0.6 is 11.6 Å². The third-order valence-corrected chi connectivity index (χ3v) is 2.21. The third kappa shape index (κ3) is 2.70. The first-order valence-electron chi connectivity index (χ1n) is 4.71. The van der Waals surface area contributed by atoms with Crippen LogP contribution in [0.2, 0.25) is 5.02 Å². The van der Waals surface area contributed by atoms with E-state index < -0.39 is 5.97 Å². The summed E-state index contributed by atoms with van der Waals surface area (Å²) in [7, 11) is 0. The number of halogens is 1. The van der Waals surface area contributed by atoms with E-state index in [0.29, 0.717) is 5.02 Å². The highest BCUT2D eigenvalue weighted by molar-refractivity contribution is 6.32. The number of nitrogens with zero attached hydrogens (tertiary/aromatic N) is 2. The van der Waals surface area contributed by atoms with Gasteiger partial charge in [-0.05, 0) is 12.1 Å². The molecule has 5 nitrogen and oxygen atoms in total. The normalized spacial score (nSPS) is 9.94. The van der Waals surface area contributed by atoms with Crippen molar-refractivity contribution in [1.82, 2.24) is 9.97 Å². The van der Waals surface area contributed by atoms with Crippen LogP contribution in [0.15, 0.2) is 36.7 Å². The number of hydrogen-bond acceptors (Lipinski definition) is 5. The van der Waals surface area contributed by atoms with Crippen LogP contribution in [0.4, 0.5) is 5.82 Å². The minimum atomic E-state index is -0.655. The highest BCUT2D eigenvalue weighted by atomic mass is 35.5. The predicted molar refractivity (Wildman–Crippen MR) is 62.9 cm³/mol. The fraction of sp³-hybridized carbons (Fsp3) is 0. The topological polar surface area (TPSA) is 78.1 Å². The van der Waals surface area contributed by atoms with E-state index >= 15 is 0 Å². The van der Waals surface area contributed by atoms with Crippen LogP contribution in [-0.2, 0) is 0 Å². The second-order valence-electron chi connectivity index (χ2n) is 3.15. The number of anilines is 1. The van der Waals surface area contributed by atoms with Gasteiger partial charge in [0.05, 0.1) is 17.4 Å². The van der Waals surface area contributed by atoms with Crippen LogP contribution in [-0.4, -0.2) is 15.9 Å². The maximum atomic E-state index is 11.7. The predicted octanol–water partition coefficient (Wildman–Crippen LogP) is 1.93. The summed E-state index contributed by atoms with van der Waals surface area (Å²) >= 11 is 5.85. The van der Waals surface area contributed by atoms with Gasteiger partial charge in [-0.15, -0.1) is 0 Å². The van der Waals surface area contributed by atoms with Crippen molar-refractivity contribution in [3.8, 4) is 5.75 Å². The molecule has 2 N–H and O–H groups in total. The van der Waals surface area contributed by atoms with E-state index in [0.717, 1.165) is 0 Å². The Hall–Kier alpha value is -2.14. The van der Waals surface area contributed by atoms with Gasteiger partial charge in [-0.1, -0.05) is 23.7 Å². The van der Waals surface area contributed by atoms with Crippen molar-refractivity contribution >= 4 is 23.4 Å². The van der Waals surface area contributed by atoms with Crippen molar-refractivity contribution in [2.45, 2.75) is 0 Å². The number of nitrogens with two attached hydrogens (primary N) is 1. The highest BCUT2D eigenvalue weighted by Gasteiger charge is 2.12. The Bertz CT molecular complexity index is 560. The molecular formula is C11H8ClN3O2. The van der Waals surface area contributed by atoms with E-state index in [-0.39, 0.29) is 17.3 Å². The second kappa shape index (κ2) is 4.80. The smallest absolute Gasteiger partial charge is 0.364 e. The number of aromatic nitrogens is 2. The van der Waals surface area contributed by atoms with E-state index in [4.69, 9.17) is 22.1 Å². The number of esters is 1. The Morgan fingerprint density at radius 1 is 1.29 bits per heavy atom. The van der Waals surface area contributed by atoms with Gasteiger partial charge in [-0.3, -0.25) is 4.98 Å². The van der Waals surface area contributed by atoms with Crippen molar-refractivity contribution in [2.75, 3.05) is 5.73 Å². The molecule has 2 aromatic rings. The minimum absolute atomic E-state index is 0.0323. The number of carbonyl (C=O) groups is 1. The fourth-order valence-corrected chi connectivity index (χ4v) is 1.33. The van der Waals surface area contributed by atoms with Gasteiger partial charge in [-0.25, -0.2) is 9.78 Å². The van der Waals surface area contributed by atoms with Crippen LogP contribution in [0.25, 0.3) is 0 Å². The van der Waals surface area contributed by atoms with Crippen molar-refractivity contribution < 1.29 is 9.53 Å². The number of rotatable bonds is 2. The Morgan fingerprint density at radius 3 is 2.76 bits per heavy atom. The molecule has 0 radical (unpaired) electrons. The summed E-state index contributed by atoms with van der Waals surface area (Å²) in [6.45, 7) is 0. The second-order valence-corrected chi connectivity index (χ2v) is 3.56.